The monoisotopic (exact) mass is 491 g/mol. The summed E-state index contributed by atoms with van der Waals surface area (Å²) in [5.74, 6) is -1.38. The Bertz CT molecular complexity index is 1270. The summed E-state index contributed by atoms with van der Waals surface area (Å²) in [7, 11) is 3.03. The summed E-state index contributed by atoms with van der Waals surface area (Å²) in [6.45, 7) is 3.74. The summed E-state index contributed by atoms with van der Waals surface area (Å²) in [5, 5.41) is 2.71. The van der Waals surface area contributed by atoms with Gasteiger partial charge in [-0.3, -0.25) is 9.59 Å². The quantitative estimate of drug-likeness (QED) is 0.547. The molecule has 186 valence electrons. The normalized spacial score (nSPS) is 15.2. The van der Waals surface area contributed by atoms with Gasteiger partial charge in [-0.1, -0.05) is 6.07 Å². The first-order chi connectivity index (χ1) is 16.6. The smallest absolute Gasteiger partial charge is 0.433 e. The highest BCUT2D eigenvalue weighted by Crippen LogP contribution is 2.34. The number of nitrogens with one attached hydrogen (secondary N) is 1. The minimum atomic E-state index is -4.67. The van der Waals surface area contributed by atoms with Crippen LogP contribution in [0.2, 0.25) is 0 Å². The molecule has 12 heteroatoms. The third-order valence-corrected chi connectivity index (χ3v) is 5.85. The second kappa shape index (κ2) is 9.53. The fourth-order valence-corrected chi connectivity index (χ4v) is 3.99. The molecule has 1 aromatic carbocycles. The zero-order chi connectivity index (χ0) is 25.3. The highest BCUT2D eigenvalue weighted by atomic mass is 19.4. The van der Waals surface area contributed by atoms with E-state index < -0.39 is 29.7 Å². The number of aryl methyl sites for hydroxylation is 1. The van der Waals surface area contributed by atoms with Crippen molar-refractivity contribution in [1.29, 1.82) is 0 Å². The van der Waals surface area contributed by atoms with Crippen LogP contribution in [0.1, 0.15) is 34.8 Å². The van der Waals surface area contributed by atoms with Crippen LogP contribution in [-0.4, -0.2) is 59.8 Å². The average molecular weight is 491 g/mol. The van der Waals surface area contributed by atoms with Crippen LogP contribution in [0, 0.1) is 0 Å². The summed E-state index contributed by atoms with van der Waals surface area (Å²) in [4.78, 5) is 35.1. The average Bonchev–Trinajstić information content (AvgIpc) is 3.18. The lowest BCUT2D eigenvalue weighted by atomic mass is 10.2. The number of rotatable bonds is 5. The number of benzene rings is 1. The van der Waals surface area contributed by atoms with Crippen LogP contribution in [-0.2, 0) is 27.5 Å². The predicted molar refractivity (Wildman–Crippen MR) is 121 cm³/mol. The van der Waals surface area contributed by atoms with Crippen LogP contribution in [0.5, 0.6) is 0 Å². The van der Waals surface area contributed by atoms with Crippen molar-refractivity contribution < 1.29 is 32.2 Å². The van der Waals surface area contributed by atoms with E-state index in [1.165, 1.54) is 13.2 Å². The third-order valence-electron chi connectivity index (χ3n) is 5.85. The number of fused-ring (bicyclic) bond motifs is 1. The molecule has 1 aliphatic heterocycles. The first kappa shape index (κ1) is 24.5. The van der Waals surface area contributed by atoms with Gasteiger partial charge in [0.25, 0.3) is 5.91 Å². The number of pyridine rings is 1. The fourth-order valence-electron chi connectivity index (χ4n) is 3.99. The molecular weight excluding hydrogens is 467 g/mol. The van der Waals surface area contributed by atoms with Gasteiger partial charge in [0.2, 0.25) is 0 Å². The van der Waals surface area contributed by atoms with Gasteiger partial charge in [-0.2, -0.15) is 13.2 Å². The van der Waals surface area contributed by atoms with E-state index in [2.05, 4.69) is 15.3 Å². The lowest BCUT2D eigenvalue weighted by Crippen LogP contribution is -2.36. The number of anilines is 2. The highest BCUT2D eigenvalue weighted by Gasteiger charge is 2.33. The zero-order valence-corrected chi connectivity index (χ0v) is 19.3. The predicted octanol–water partition coefficient (Wildman–Crippen LogP) is 3.35. The van der Waals surface area contributed by atoms with Crippen molar-refractivity contribution in [1.82, 2.24) is 14.5 Å². The summed E-state index contributed by atoms with van der Waals surface area (Å²) < 4.78 is 51.2. The van der Waals surface area contributed by atoms with E-state index in [-0.39, 0.29) is 5.69 Å². The molecule has 0 radical (unpaired) electrons. The molecule has 2 aromatic heterocycles. The molecule has 1 fully saturated rings. The van der Waals surface area contributed by atoms with Crippen LogP contribution in [0.3, 0.4) is 0 Å². The van der Waals surface area contributed by atoms with Crippen LogP contribution < -0.4 is 10.2 Å². The molecule has 0 bridgehead atoms. The Balaban J connectivity index is 1.77. The van der Waals surface area contributed by atoms with Gasteiger partial charge in [0.15, 0.2) is 0 Å². The van der Waals surface area contributed by atoms with E-state index in [0.29, 0.717) is 54.5 Å². The number of ether oxygens (including phenoxy) is 2. The first-order valence-electron chi connectivity index (χ1n) is 10.9. The lowest BCUT2D eigenvalue weighted by molar-refractivity contribution is -0.142. The van der Waals surface area contributed by atoms with Crippen LogP contribution >= 0.6 is 0 Å². The molecule has 1 unspecified atom stereocenters. The molecule has 1 atom stereocenters. The molecule has 35 heavy (non-hydrogen) atoms. The maximum Gasteiger partial charge on any atom is 0.433 e. The molecule has 0 spiro atoms. The molecule has 1 amide bonds. The molecule has 9 nitrogen and oxygen atoms in total. The number of hydrogen-bond acceptors (Lipinski definition) is 7. The zero-order valence-electron chi connectivity index (χ0n) is 19.3. The van der Waals surface area contributed by atoms with Gasteiger partial charge < -0.3 is 24.3 Å². The Morgan fingerprint density at radius 3 is 2.54 bits per heavy atom. The van der Waals surface area contributed by atoms with E-state index in [9.17, 15) is 22.8 Å². The topological polar surface area (TPSA) is 98.6 Å². The van der Waals surface area contributed by atoms with E-state index in [1.807, 2.05) is 4.90 Å². The maximum absolute atomic E-state index is 13.1. The van der Waals surface area contributed by atoms with Gasteiger partial charge in [-0.15, -0.1) is 0 Å². The van der Waals surface area contributed by atoms with Crippen molar-refractivity contribution >= 4 is 34.3 Å². The molecule has 0 aliphatic carbocycles. The number of hydrogen-bond donors (Lipinski definition) is 1. The van der Waals surface area contributed by atoms with E-state index in [0.717, 1.165) is 12.1 Å². The number of carbonyl (C=O) groups excluding carboxylic acids is 2. The van der Waals surface area contributed by atoms with Crippen LogP contribution in [0.4, 0.5) is 24.5 Å². The SMILES string of the molecule is COC(=O)C(C)c1nc2cc(N3CCOCC3)c(NC(=O)c3cccc(C(F)(F)F)n3)cc2n1C. The Morgan fingerprint density at radius 1 is 1.17 bits per heavy atom. The number of carbonyl (C=O) groups is 2. The van der Waals surface area contributed by atoms with Crippen molar-refractivity contribution in [3.05, 3.63) is 47.5 Å². The minimum Gasteiger partial charge on any atom is -0.468 e. The number of imidazole rings is 1. The Hall–Kier alpha value is -3.67. The molecule has 3 heterocycles. The molecule has 0 saturated carbocycles. The standard InChI is InChI=1S/C23H24F3N5O4/c1-13(22(33)34-3)20-28-15-12-18(31-7-9-35-10-8-31)16(11-17(15)30(20)2)29-21(32)14-5-4-6-19(27-14)23(24,25)26/h4-6,11-13H,7-10H2,1-3H3,(H,29,32). The van der Waals surface area contributed by atoms with Crippen LogP contribution in [0.25, 0.3) is 11.0 Å². The molecule has 1 N–H and O–H groups in total. The van der Waals surface area contributed by atoms with Crippen molar-refractivity contribution in [3.8, 4) is 0 Å². The summed E-state index contributed by atoms with van der Waals surface area (Å²) >= 11 is 0. The Labute approximate surface area is 198 Å². The van der Waals surface area contributed by atoms with Crippen molar-refractivity contribution in [3.63, 3.8) is 0 Å². The first-order valence-corrected chi connectivity index (χ1v) is 10.9. The number of morpholine rings is 1. The maximum atomic E-state index is 13.1. The van der Waals surface area contributed by atoms with Crippen molar-refractivity contribution in [2.45, 2.75) is 19.0 Å². The molecule has 1 aliphatic rings. The van der Waals surface area contributed by atoms with Crippen molar-refractivity contribution in [2.24, 2.45) is 7.05 Å². The van der Waals surface area contributed by atoms with Gasteiger partial charge in [0, 0.05) is 20.1 Å². The van der Waals surface area contributed by atoms with Gasteiger partial charge in [-0.05, 0) is 31.2 Å². The van der Waals surface area contributed by atoms with Crippen LogP contribution in [0.15, 0.2) is 30.3 Å². The molecule has 4 rings (SSSR count). The third kappa shape index (κ3) is 4.92. The summed E-state index contributed by atoms with van der Waals surface area (Å²) in [5.41, 5.74) is 0.718. The van der Waals surface area contributed by atoms with E-state index >= 15 is 0 Å². The fraction of sp³-hybridized carbons (Fsp3) is 0.391. The molecular formula is C23H24F3N5O4. The Kier molecular flexibility index (Phi) is 6.66. The van der Waals surface area contributed by atoms with Gasteiger partial charge in [0.05, 0.1) is 42.7 Å². The van der Waals surface area contributed by atoms with Gasteiger partial charge >= 0.3 is 12.1 Å². The highest BCUT2D eigenvalue weighted by molar-refractivity contribution is 6.06. The number of methoxy groups -OCH3 is 1. The number of nitrogens with zero attached hydrogens (tertiary/aromatic N) is 4. The number of aromatic nitrogens is 3. The number of esters is 1. The van der Waals surface area contributed by atoms with Crippen molar-refractivity contribution in [2.75, 3.05) is 43.6 Å². The number of alkyl halides is 3. The summed E-state index contributed by atoms with van der Waals surface area (Å²) in [6, 6.07) is 6.63. The minimum absolute atomic E-state index is 0.363. The van der Waals surface area contributed by atoms with E-state index in [1.54, 1.807) is 30.7 Å². The largest absolute Gasteiger partial charge is 0.468 e. The second-order valence-corrected chi connectivity index (χ2v) is 8.09. The number of amides is 1. The number of halogens is 3. The van der Waals surface area contributed by atoms with E-state index in [4.69, 9.17) is 9.47 Å². The Morgan fingerprint density at radius 2 is 1.89 bits per heavy atom. The van der Waals surface area contributed by atoms with Gasteiger partial charge in [0.1, 0.15) is 23.1 Å². The summed E-state index contributed by atoms with van der Waals surface area (Å²) in [6.07, 6.45) is -4.67. The molecule has 1 saturated heterocycles. The second-order valence-electron chi connectivity index (χ2n) is 8.09. The molecule has 3 aromatic rings. The van der Waals surface area contributed by atoms with Gasteiger partial charge in [-0.25, -0.2) is 9.97 Å². The lowest BCUT2D eigenvalue weighted by Gasteiger charge is -2.30.